The number of ether oxygens (including phenoxy) is 2. The minimum atomic E-state index is -0.300. The lowest BCUT2D eigenvalue weighted by molar-refractivity contribution is 0.0922. The Kier molecular flexibility index (Phi) is 6.32. The molecule has 1 aliphatic carbocycles. The second-order valence-electron chi connectivity index (χ2n) is 7.94. The largest absolute Gasteiger partial charge is 0.464 e. The average Bonchev–Trinajstić information content (AvgIpc) is 2.80. The van der Waals surface area contributed by atoms with Gasteiger partial charge in [-0.05, 0) is 42.5 Å². The van der Waals surface area contributed by atoms with Gasteiger partial charge in [0.15, 0.2) is 6.26 Å². The highest BCUT2D eigenvalue weighted by Gasteiger charge is 2.16. The van der Waals surface area contributed by atoms with Crippen molar-refractivity contribution >= 4 is 5.91 Å². The first-order chi connectivity index (χ1) is 15.1. The SMILES string of the molecule is CC(C)c1cccc(-c2ccc(C(=O)NC3=COC=C(CC4=CC=CCC4)O3)cn2)c1. The summed E-state index contributed by atoms with van der Waals surface area (Å²) >= 11 is 0. The molecule has 1 aromatic heterocycles. The third-order valence-electron chi connectivity index (χ3n) is 5.23. The molecule has 0 saturated heterocycles. The summed E-state index contributed by atoms with van der Waals surface area (Å²) in [6, 6.07) is 11.9. The second-order valence-corrected chi connectivity index (χ2v) is 7.94. The van der Waals surface area contributed by atoms with E-state index in [-0.39, 0.29) is 11.8 Å². The van der Waals surface area contributed by atoms with Crippen LogP contribution in [0.15, 0.2) is 90.6 Å². The monoisotopic (exact) mass is 414 g/mol. The van der Waals surface area contributed by atoms with E-state index in [1.807, 2.05) is 18.2 Å². The zero-order valence-corrected chi connectivity index (χ0v) is 17.8. The molecule has 5 nitrogen and oxygen atoms in total. The molecule has 1 aliphatic heterocycles. The molecule has 2 aromatic rings. The van der Waals surface area contributed by atoms with Crippen molar-refractivity contribution in [2.45, 2.75) is 39.0 Å². The normalized spacial score (nSPS) is 15.4. The average molecular weight is 415 g/mol. The lowest BCUT2D eigenvalue weighted by Crippen LogP contribution is -2.25. The molecule has 0 radical (unpaired) electrons. The summed E-state index contributed by atoms with van der Waals surface area (Å²) in [6.45, 7) is 4.32. The van der Waals surface area contributed by atoms with Gasteiger partial charge in [-0.2, -0.15) is 0 Å². The molecule has 0 atom stereocenters. The fourth-order valence-corrected chi connectivity index (χ4v) is 3.46. The van der Waals surface area contributed by atoms with Crippen LogP contribution in [-0.2, 0) is 9.47 Å². The van der Waals surface area contributed by atoms with E-state index in [0.717, 1.165) is 24.1 Å². The van der Waals surface area contributed by atoms with Crippen molar-refractivity contribution in [1.82, 2.24) is 10.3 Å². The van der Waals surface area contributed by atoms with Gasteiger partial charge in [0.1, 0.15) is 12.0 Å². The fraction of sp³-hybridized carbons (Fsp3) is 0.231. The van der Waals surface area contributed by atoms with E-state index >= 15 is 0 Å². The van der Waals surface area contributed by atoms with Gasteiger partial charge in [0.05, 0.1) is 11.3 Å². The third-order valence-corrected chi connectivity index (χ3v) is 5.23. The number of hydrogen-bond donors (Lipinski definition) is 1. The van der Waals surface area contributed by atoms with Gasteiger partial charge < -0.3 is 9.47 Å². The summed E-state index contributed by atoms with van der Waals surface area (Å²) in [5.74, 6) is 1.08. The number of pyridine rings is 1. The maximum absolute atomic E-state index is 12.6. The summed E-state index contributed by atoms with van der Waals surface area (Å²) in [5.41, 5.74) is 4.84. The van der Waals surface area contributed by atoms with Crippen molar-refractivity contribution in [2.75, 3.05) is 0 Å². The Bertz CT molecular complexity index is 1080. The van der Waals surface area contributed by atoms with Crippen LogP contribution in [0, 0.1) is 0 Å². The highest BCUT2D eigenvalue weighted by Crippen LogP contribution is 2.25. The summed E-state index contributed by atoms with van der Waals surface area (Å²) in [7, 11) is 0. The molecule has 0 fully saturated rings. The molecule has 4 rings (SSSR count). The summed E-state index contributed by atoms with van der Waals surface area (Å²) in [4.78, 5) is 17.1. The molecular formula is C26H26N2O3. The lowest BCUT2D eigenvalue weighted by Gasteiger charge is -2.18. The van der Waals surface area contributed by atoms with Crippen LogP contribution in [0.25, 0.3) is 11.3 Å². The molecule has 31 heavy (non-hydrogen) atoms. The van der Waals surface area contributed by atoms with Crippen LogP contribution in [0.3, 0.4) is 0 Å². The van der Waals surface area contributed by atoms with Crippen LogP contribution < -0.4 is 5.32 Å². The minimum absolute atomic E-state index is 0.267. The Morgan fingerprint density at radius 3 is 2.84 bits per heavy atom. The molecule has 2 aliphatic rings. The van der Waals surface area contributed by atoms with Gasteiger partial charge in [-0.15, -0.1) is 0 Å². The molecule has 2 heterocycles. The number of allylic oxidation sites excluding steroid dienone is 4. The highest BCUT2D eigenvalue weighted by atomic mass is 16.6. The first-order valence-electron chi connectivity index (χ1n) is 10.5. The molecule has 1 amide bonds. The number of hydrogen-bond acceptors (Lipinski definition) is 4. The molecule has 1 N–H and O–H groups in total. The van der Waals surface area contributed by atoms with Crippen LogP contribution in [0.4, 0.5) is 0 Å². The zero-order chi connectivity index (χ0) is 21.6. The van der Waals surface area contributed by atoms with Crippen LogP contribution in [0.1, 0.15) is 54.9 Å². The smallest absolute Gasteiger partial charge is 0.259 e. The molecule has 5 heteroatoms. The van der Waals surface area contributed by atoms with Crippen LogP contribution in [-0.4, -0.2) is 10.9 Å². The van der Waals surface area contributed by atoms with Crippen molar-refractivity contribution < 1.29 is 14.3 Å². The Labute approximate surface area is 182 Å². The van der Waals surface area contributed by atoms with Crippen molar-refractivity contribution in [3.63, 3.8) is 0 Å². The summed E-state index contributed by atoms with van der Waals surface area (Å²) < 4.78 is 11.1. The molecule has 0 saturated carbocycles. The first kappa shape index (κ1) is 20.7. The van der Waals surface area contributed by atoms with E-state index in [0.29, 0.717) is 23.7 Å². The van der Waals surface area contributed by atoms with Gasteiger partial charge in [0.25, 0.3) is 5.91 Å². The van der Waals surface area contributed by atoms with Crippen molar-refractivity contribution in [1.29, 1.82) is 0 Å². The van der Waals surface area contributed by atoms with Gasteiger partial charge in [-0.3, -0.25) is 15.1 Å². The van der Waals surface area contributed by atoms with Gasteiger partial charge in [-0.25, -0.2) is 0 Å². The maximum atomic E-state index is 12.6. The Morgan fingerprint density at radius 2 is 2.10 bits per heavy atom. The van der Waals surface area contributed by atoms with Crippen LogP contribution in [0.2, 0.25) is 0 Å². The van der Waals surface area contributed by atoms with Crippen LogP contribution in [0.5, 0.6) is 0 Å². The fourth-order valence-electron chi connectivity index (χ4n) is 3.46. The number of nitrogens with one attached hydrogen (secondary N) is 1. The van der Waals surface area contributed by atoms with Gasteiger partial charge in [0, 0.05) is 18.2 Å². The predicted octanol–water partition coefficient (Wildman–Crippen LogP) is 5.96. The molecule has 0 unspecified atom stereocenters. The Balaban J connectivity index is 1.38. The predicted molar refractivity (Wildman–Crippen MR) is 121 cm³/mol. The number of benzene rings is 1. The topological polar surface area (TPSA) is 60.5 Å². The van der Waals surface area contributed by atoms with Crippen molar-refractivity contribution in [3.05, 3.63) is 102 Å². The molecule has 158 valence electrons. The molecule has 0 bridgehead atoms. The van der Waals surface area contributed by atoms with E-state index in [1.54, 1.807) is 18.5 Å². The van der Waals surface area contributed by atoms with Crippen LogP contribution >= 0.6 is 0 Å². The van der Waals surface area contributed by atoms with E-state index in [9.17, 15) is 4.79 Å². The summed E-state index contributed by atoms with van der Waals surface area (Å²) in [6.07, 6.45) is 13.5. The van der Waals surface area contributed by atoms with Gasteiger partial charge in [-0.1, -0.05) is 55.8 Å². The first-order valence-corrected chi connectivity index (χ1v) is 10.5. The van der Waals surface area contributed by atoms with Gasteiger partial charge in [0.2, 0.25) is 5.88 Å². The molecule has 1 aromatic carbocycles. The van der Waals surface area contributed by atoms with E-state index in [1.165, 1.54) is 17.4 Å². The van der Waals surface area contributed by atoms with Gasteiger partial charge >= 0.3 is 0 Å². The number of carbonyl (C=O) groups is 1. The van der Waals surface area contributed by atoms with E-state index in [2.05, 4.69) is 54.5 Å². The number of amides is 1. The van der Waals surface area contributed by atoms with Crippen molar-refractivity contribution in [2.24, 2.45) is 0 Å². The number of aromatic nitrogens is 1. The second kappa shape index (κ2) is 9.47. The zero-order valence-electron chi connectivity index (χ0n) is 17.8. The molecular weight excluding hydrogens is 388 g/mol. The van der Waals surface area contributed by atoms with Crippen molar-refractivity contribution in [3.8, 4) is 11.3 Å². The molecule has 0 spiro atoms. The third kappa shape index (κ3) is 5.31. The standard InChI is InChI=1S/C26H26N2O3/c1-18(2)20-9-6-10-21(14-20)24-12-11-22(15-27-24)26(29)28-25-17-30-16-23(31-25)13-19-7-4-3-5-8-19/h3-4,6-7,9-12,14-18H,5,8,13H2,1-2H3,(H,28,29). The Morgan fingerprint density at radius 1 is 1.19 bits per heavy atom. The summed E-state index contributed by atoms with van der Waals surface area (Å²) in [5, 5.41) is 2.75. The lowest BCUT2D eigenvalue weighted by atomic mass is 9.99. The van der Waals surface area contributed by atoms with E-state index < -0.39 is 0 Å². The Hall–Kier alpha value is -3.60. The van der Waals surface area contributed by atoms with E-state index in [4.69, 9.17) is 9.47 Å². The highest BCUT2D eigenvalue weighted by molar-refractivity contribution is 5.95. The minimum Gasteiger partial charge on any atom is -0.464 e. The quantitative estimate of drug-likeness (QED) is 0.634. The number of rotatable bonds is 6. The maximum Gasteiger partial charge on any atom is 0.259 e. The number of nitrogens with zero attached hydrogens (tertiary/aromatic N) is 1. The number of carbonyl (C=O) groups excluding carboxylic acids is 1.